The predicted molar refractivity (Wildman–Crippen MR) is 83.0 cm³/mol. The molecule has 1 aromatic carbocycles. The molecule has 0 heterocycles. The number of anilines is 1. The molecule has 128 valence electrons. The molecular formula is C15H22N2O6. The van der Waals surface area contributed by atoms with Crippen LogP contribution in [0.15, 0.2) is 18.2 Å². The van der Waals surface area contributed by atoms with Crippen molar-refractivity contribution in [1.82, 2.24) is 5.32 Å². The van der Waals surface area contributed by atoms with Gasteiger partial charge in [-0.1, -0.05) is 6.07 Å². The van der Waals surface area contributed by atoms with Gasteiger partial charge < -0.3 is 31.1 Å². The summed E-state index contributed by atoms with van der Waals surface area (Å²) >= 11 is 0. The minimum atomic E-state index is -1.38. The number of nitrogens with one attached hydrogen (secondary N) is 1. The lowest BCUT2D eigenvalue weighted by Gasteiger charge is -2.23. The molecule has 2 atom stereocenters. The van der Waals surface area contributed by atoms with Gasteiger partial charge in [-0.3, -0.25) is 0 Å². The average Bonchev–Trinajstić information content (AvgIpc) is 2.41. The number of aliphatic hydroxyl groups is 2. The van der Waals surface area contributed by atoms with E-state index in [1.165, 1.54) is 18.2 Å². The number of aliphatic hydroxyl groups excluding tert-OH is 2. The Morgan fingerprint density at radius 1 is 1.30 bits per heavy atom. The monoisotopic (exact) mass is 326 g/mol. The molecule has 6 N–H and O–H groups in total. The van der Waals surface area contributed by atoms with Gasteiger partial charge in [0.15, 0.2) is 0 Å². The Hall–Kier alpha value is -2.32. The summed E-state index contributed by atoms with van der Waals surface area (Å²) in [7, 11) is 0. The number of nitrogen functional groups attached to an aromatic ring is 1. The molecule has 1 rings (SSSR count). The first kappa shape index (κ1) is 18.7. The number of carboxylic acids is 1. The Balaban J connectivity index is 2.68. The van der Waals surface area contributed by atoms with E-state index in [1.54, 1.807) is 20.8 Å². The fourth-order valence-electron chi connectivity index (χ4n) is 1.80. The molecule has 0 saturated carbocycles. The number of carbonyl (C=O) groups is 2. The van der Waals surface area contributed by atoms with Crippen LogP contribution in [0.1, 0.15) is 42.8 Å². The first-order chi connectivity index (χ1) is 10.5. The van der Waals surface area contributed by atoms with Gasteiger partial charge in [0.05, 0.1) is 5.56 Å². The third-order valence-electron chi connectivity index (χ3n) is 2.87. The van der Waals surface area contributed by atoms with Crippen molar-refractivity contribution >= 4 is 17.7 Å². The second-order valence-corrected chi connectivity index (χ2v) is 6.04. The van der Waals surface area contributed by atoms with E-state index in [0.717, 1.165) is 0 Å². The molecule has 0 aliphatic heterocycles. The molecule has 8 heteroatoms. The molecular weight excluding hydrogens is 304 g/mol. The number of carbonyl (C=O) groups excluding carboxylic acids is 1. The van der Waals surface area contributed by atoms with Crippen LogP contribution in [0.4, 0.5) is 10.5 Å². The van der Waals surface area contributed by atoms with Crippen LogP contribution in [0.5, 0.6) is 0 Å². The van der Waals surface area contributed by atoms with E-state index in [0.29, 0.717) is 0 Å². The summed E-state index contributed by atoms with van der Waals surface area (Å²) in [5.74, 6) is -1.15. The van der Waals surface area contributed by atoms with Crippen LogP contribution in [0.3, 0.4) is 0 Å². The standard InChI is InChI=1S/C15H22N2O6/c1-15(2,3)23-14(22)17-7-11(18)12(19)9-5-4-8(13(20)21)6-10(9)16/h4-6,11-12,18-19H,7,16H2,1-3H3,(H,17,22)(H,20,21). The number of rotatable bonds is 5. The smallest absolute Gasteiger partial charge is 0.407 e. The lowest BCUT2D eigenvalue weighted by Crippen LogP contribution is -2.39. The van der Waals surface area contributed by atoms with E-state index >= 15 is 0 Å². The summed E-state index contributed by atoms with van der Waals surface area (Å²) in [5, 5.41) is 31.2. The lowest BCUT2D eigenvalue weighted by atomic mass is 10.0. The second-order valence-electron chi connectivity index (χ2n) is 6.04. The Kier molecular flexibility index (Phi) is 5.94. The summed E-state index contributed by atoms with van der Waals surface area (Å²) in [6.45, 7) is 4.84. The van der Waals surface area contributed by atoms with Gasteiger partial charge in [-0.2, -0.15) is 0 Å². The molecule has 0 radical (unpaired) electrons. The molecule has 1 amide bonds. The molecule has 0 fully saturated rings. The first-order valence-electron chi connectivity index (χ1n) is 6.97. The number of aromatic carboxylic acids is 1. The Morgan fingerprint density at radius 2 is 1.91 bits per heavy atom. The van der Waals surface area contributed by atoms with Crippen LogP contribution < -0.4 is 11.1 Å². The minimum Gasteiger partial charge on any atom is -0.478 e. The molecule has 0 aliphatic carbocycles. The number of hydrogen-bond acceptors (Lipinski definition) is 6. The van der Waals surface area contributed by atoms with E-state index < -0.39 is 29.9 Å². The number of ether oxygens (including phenoxy) is 1. The molecule has 0 spiro atoms. The number of amides is 1. The number of alkyl carbamates (subject to hydrolysis) is 1. The topological polar surface area (TPSA) is 142 Å². The van der Waals surface area contributed by atoms with Gasteiger partial charge in [-0.25, -0.2) is 9.59 Å². The number of nitrogens with two attached hydrogens (primary N) is 1. The molecule has 2 unspecified atom stereocenters. The van der Waals surface area contributed by atoms with Crippen LogP contribution >= 0.6 is 0 Å². The Labute approximate surface area is 133 Å². The van der Waals surface area contributed by atoms with Crippen LogP contribution in [0, 0.1) is 0 Å². The zero-order chi connectivity index (χ0) is 17.8. The van der Waals surface area contributed by atoms with Crippen molar-refractivity contribution in [2.24, 2.45) is 0 Å². The van der Waals surface area contributed by atoms with Crippen molar-refractivity contribution in [3.63, 3.8) is 0 Å². The van der Waals surface area contributed by atoms with Gasteiger partial charge >= 0.3 is 12.1 Å². The summed E-state index contributed by atoms with van der Waals surface area (Å²) in [4.78, 5) is 22.3. The third-order valence-corrected chi connectivity index (χ3v) is 2.87. The van der Waals surface area contributed by atoms with E-state index in [4.69, 9.17) is 15.6 Å². The maximum Gasteiger partial charge on any atom is 0.407 e. The largest absolute Gasteiger partial charge is 0.478 e. The fourth-order valence-corrected chi connectivity index (χ4v) is 1.80. The number of carboxylic acid groups (broad SMARTS) is 1. The Bertz CT molecular complexity index is 582. The number of benzene rings is 1. The lowest BCUT2D eigenvalue weighted by molar-refractivity contribution is 0.0132. The summed E-state index contributed by atoms with van der Waals surface area (Å²) in [6.07, 6.45) is -3.44. The average molecular weight is 326 g/mol. The van der Waals surface area contributed by atoms with Gasteiger partial charge in [0.25, 0.3) is 0 Å². The zero-order valence-corrected chi connectivity index (χ0v) is 13.2. The van der Waals surface area contributed by atoms with Crippen molar-refractivity contribution in [2.75, 3.05) is 12.3 Å². The molecule has 1 aromatic rings. The molecule has 0 aliphatic rings. The highest BCUT2D eigenvalue weighted by molar-refractivity contribution is 5.89. The van der Waals surface area contributed by atoms with Gasteiger partial charge in [-0.15, -0.1) is 0 Å². The third kappa shape index (κ3) is 5.76. The summed E-state index contributed by atoms with van der Waals surface area (Å²) in [5.41, 5.74) is 5.20. The summed E-state index contributed by atoms with van der Waals surface area (Å²) < 4.78 is 5.01. The van der Waals surface area contributed by atoms with E-state index in [-0.39, 0.29) is 23.4 Å². The Morgan fingerprint density at radius 3 is 2.39 bits per heavy atom. The van der Waals surface area contributed by atoms with Crippen molar-refractivity contribution < 1.29 is 29.6 Å². The molecule has 0 saturated heterocycles. The van der Waals surface area contributed by atoms with Crippen LogP contribution in [-0.2, 0) is 4.74 Å². The van der Waals surface area contributed by atoms with Crippen molar-refractivity contribution in [3.05, 3.63) is 29.3 Å². The van der Waals surface area contributed by atoms with Crippen LogP contribution in [0.25, 0.3) is 0 Å². The quantitative estimate of drug-likeness (QED) is 0.506. The van der Waals surface area contributed by atoms with Crippen molar-refractivity contribution in [1.29, 1.82) is 0 Å². The SMILES string of the molecule is CC(C)(C)OC(=O)NCC(O)C(O)c1ccc(C(=O)O)cc1N. The minimum absolute atomic E-state index is 0.0279. The van der Waals surface area contributed by atoms with E-state index in [1.807, 2.05) is 0 Å². The van der Waals surface area contributed by atoms with Gasteiger partial charge in [0.1, 0.15) is 17.8 Å². The predicted octanol–water partition coefficient (Wildman–Crippen LogP) is 0.886. The highest BCUT2D eigenvalue weighted by Crippen LogP contribution is 2.24. The molecule has 23 heavy (non-hydrogen) atoms. The van der Waals surface area contributed by atoms with Crippen LogP contribution in [-0.4, -0.2) is 45.6 Å². The molecule has 0 aromatic heterocycles. The highest BCUT2D eigenvalue weighted by atomic mass is 16.6. The highest BCUT2D eigenvalue weighted by Gasteiger charge is 2.23. The fraction of sp³-hybridized carbons (Fsp3) is 0.467. The maximum atomic E-state index is 11.5. The van der Waals surface area contributed by atoms with Crippen LogP contribution in [0.2, 0.25) is 0 Å². The van der Waals surface area contributed by atoms with E-state index in [2.05, 4.69) is 5.32 Å². The van der Waals surface area contributed by atoms with E-state index in [9.17, 15) is 19.8 Å². The maximum absolute atomic E-state index is 11.5. The van der Waals surface area contributed by atoms with Gasteiger partial charge in [-0.05, 0) is 32.9 Å². The summed E-state index contributed by atoms with van der Waals surface area (Å²) in [6, 6.07) is 3.78. The first-order valence-corrected chi connectivity index (χ1v) is 6.97. The van der Waals surface area contributed by atoms with Gasteiger partial charge in [0.2, 0.25) is 0 Å². The zero-order valence-electron chi connectivity index (χ0n) is 13.2. The second kappa shape index (κ2) is 7.30. The van der Waals surface area contributed by atoms with Crippen molar-refractivity contribution in [3.8, 4) is 0 Å². The normalized spacial score (nSPS) is 14.0. The molecule has 8 nitrogen and oxygen atoms in total. The number of hydrogen-bond donors (Lipinski definition) is 5. The van der Waals surface area contributed by atoms with Crippen molar-refractivity contribution in [2.45, 2.75) is 38.6 Å². The molecule has 0 bridgehead atoms. The van der Waals surface area contributed by atoms with Gasteiger partial charge in [0, 0.05) is 17.8 Å².